The predicted molar refractivity (Wildman–Crippen MR) is 67.4 cm³/mol. The van der Waals surface area contributed by atoms with Crippen molar-refractivity contribution in [1.82, 2.24) is 9.78 Å². The molecule has 3 nitrogen and oxygen atoms in total. The Hall–Kier alpha value is -1.68. The van der Waals surface area contributed by atoms with Crippen LogP contribution in [-0.4, -0.2) is 15.6 Å². The minimum atomic E-state index is -0.424. The fraction of sp³-hybridized carbons (Fsp3) is 0.231. The number of rotatable bonds is 3. The molecular formula is C13H12ClFN2O. The van der Waals surface area contributed by atoms with E-state index in [-0.39, 0.29) is 12.2 Å². The Balaban J connectivity index is 2.26. The van der Waals surface area contributed by atoms with Gasteiger partial charge in [0.1, 0.15) is 11.5 Å². The van der Waals surface area contributed by atoms with Crippen molar-refractivity contribution in [3.63, 3.8) is 0 Å². The summed E-state index contributed by atoms with van der Waals surface area (Å²) >= 11 is 5.79. The van der Waals surface area contributed by atoms with Gasteiger partial charge < -0.3 is 0 Å². The maximum Gasteiger partial charge on any atom is 0.185 e. The number of Topliss-reactive ketones (excluding diaryl/α,β-unsaturated/α-hetero) is 1. The van der Waals surface area contributed by atoms with Gasteiger partial charge in [0.2, 0.25) is 0 Å². The zero-order chi connectivity index (χ0) is 13.3. The number of aromatic nitrogens is 2. The molecule has 1 aromatic heterocycles. The van der Waals surface area contributed by atoms with Crippen molar-refractivity contribution in [2.45, 2.75) is 13.3 Å². The van der Waals surface area contributed by atoms with Gasteiger partial charge in [0.05, 0.1) is 5.69 Å². The molecule has 94 valence electrons. The highest BCUT2D eigenvalue weighted by Gasteiger charge is 2.15. The van der Waals surface area contributed by atoms with Gasteiger partial charge in [-0.1, -0.05) is 11.6 Å². The lowest BCUT2D eigenvalue weighted by Gasteiger charge is -2.04. The number of hydrogen-bond donors (Lipinski definition) is 0. The molecule has 0 amide bonds. The third-order valence-corrected chi connectivity index (χ3v) is 2.88. The molecule has 1 heterocycles. The molecule has 5 heteroatoms. The van der Waals surface area contributed by atoms with Gasteiger partial charge in [-0.25, -0.2) is 4.39 Å². The predicted octanol–water partition coefficient (Wildman–Crippen LogP) is 2.95. The van der Waals surface area contributed by atoms with E-state index in [0.29, 0.717) is 16.3 Å². The molecule has 0 fully saturated rings. The van der Waals surface area contributed by atoms with Gasteiger partial charge in [-0.15, -0.1) is 0 Å². The van der Waals surface area contributed by atoms with Crippen LogP contribution in [0.2, 0.25) is 5.02 Å². The molecule has 0 N–H and O–H groups in total. The van der Waals surface area contributed by atoms with Crippen molar-refractivity contribution in [2.24, 2.45) is 7.05 Å². The summed E-state index contributed by atoms with van der Waals surface area (Å²) in [4.78, 5) is 12.0. The van der Waals surface area contributed by atoms with Gasteiger partial charge in [0, 0.05) is 18.5 Å². The minimum absolute atomic E-state index is 0.0225. The van der Waals surface area contributed by atoms with Crippen molar-refractivity contribution in [3.05, 3.63) is 52.1 Å². The highest BCUT2D eigenvalue weighted by molar-refractivity contribution is 6.30. The summed E-state index contributed by atoms with van der Waals surface area (Å²) in [6.45, 7) is 1.80. The fourth-order valence-electron chi connectivity index (χ4n) is 1.81. The topological polar surface area (TPSA) is 34.9 Å². The number of carbonyl (C=O) groups excluding carboxylic acids is 1. The van der Waals surface area contributed by atoms with Gasteiger partial charge >= 0.3 is 0 Å². The zero-order valence-corrected chi connectivity index (χ0v) is 10.8. The van der Waals surface area contributed by atoms with E-state index in [0.717, 1.165) is 5.69 Å². The van der Waals surface area contributed by atoms with Crippen LogP contribution >= 0.6 is 11.6 Å². The number of benzene rings is 1. The van der Waals surface area contributed by atoms with E-state index in [1.807, 2.05) is 0 Å². The number of halogens is 2. The summed E-state index contributed by atoms with van der Waals surface area (Å²) in [5.74, 6) is -0.606. The SMILES string of the molecule is Cc1cc(C(=O)Cc2cc(Cl)ccc2F)n(C)n1. The fourth-order valence-corrected chi connectivity index (χ4v) is 2.01. The van der Waals surface area contributed by atoms with E-state index in [2.05, 4.69) is 5.10 Å². The van der Waals surface area contributed by atoms with Crippen LogP contribution in [0.15, 0.2) is 24.3 Å². The molecule has 0 saturated carbocycles. The number of nitrogens with zero attached hydrogens (tertiary/aromatic N) is 2. The first-order valence-corrected chi connectivity index (χ1v) is 5.83. The van der Waals surface area contributed by atoms with Gasteiger partial charge in [-0.05, 0) is 36.8 Å². The Labute approximate surface area is 109 Å². The van der Waals surface area contributed by atoms with Crippen molar-refractivity contribution < 1.29 is 9.18 Å². The first-order chi connectivity index (χ1) is 8.47. The van der Waals surface area contributed by atoms with E-state index < -0.39 is 5.82 Å². The molecule has 0 radical (unpaired) electrons. The third kappa shape index (κ3) is 2.59. The van der Waals surface area contributed by atoms with Crippen molar-refractivity contribution in [2.75, 3.05) is 0 Å². The van der Waals surface area contributed by atoms with E-state index in [9.17, 15) is 9.18 Å². The molecule has 0 spiro atoms. The van der Waals surface area contributed by atoms with Crippen LogP contribution in [0.5, 0.6) is 0 Å². The Morgan fingerprint density at radius 1 is 1.44 bits per heavy atom. The number of carbonyl (C=O) groups is 1. The Morgan fingerprint density at radius 2 is 2.17 bits per heavy atom. The molecule has 0 unspecified atom stereocenters. The molecule has 0 aliphatic heterocycles. The monoisotopic (exact) mass is 266 g/mol. The lowest BCUT2D eigenvalue weighted by atomic mass is 10.1. The highest BCUT2D eigenvalue weighted by Crippen LogP contribution is 2.17. The normalized spacial score (nSPS) is 10.7. The molecular weight excluding hydrogens is 255 g/mol. The summed E-state index contributed by atoms with van der Waals surface area (Å²) in [5, 5.41) is 4.51. The quantitative estimate of drug-likeness (QED) is 0.801. The maximum absolute atomic E-state index is 13.5. The lowest BCUT2D eigenvalue weighted by molar-refractivity contribution is 0.0983. The van der Waals surface area contributed by atoms with Crippen molar-refractivity contribution in [3.8, 4) is 0 Å². The van der Waals surface area contributed by atoms with Crippen LogP contribution in [0.3, 0.4) is 0 Å². The summed E-state index contributed by atoms with van der Waals surface area (Å²) < 4.78 is 15.0. The molecule has 0 atom stereocenters. The summed E-state index contributed by atoms with van der Waals surface area (Å²) in [5.41, 5.74) is 1.52. The maximum atomic E-state index is 13.5. The summed E-state index contributed by atoms with van der Waals surface area (Å²) in [6.07, 6.45) is -0.0225. The van der Waals surface area contributed by atoms with Crippen LogP contribution in [0.25, 0.3) is 0 Å². The third-order valence-electron chi connectivity index (χ3n) is 2.65. The standard InChI is InChI=1S/C13H12ClFN2O/c1-8-5-12(17(2)16-8)13(18)7-9-6-10(14)3-4-11(9)15/h3-6H,7H2,1-2H3. The molecule has 2 aromatic rings. The van der Waals surface area contributed by atoms with Crippen LogP contribution in [-0.2, 0) is 13.5 Å². The van der Waals surface area contributed by atoms with Crippen LogP contribution in [0.4, 0.5) is 4.39 Å². The Kier molecular flexibility index (Phi) is 3.48. The van der Waals surface area contributed by atoms with Crippen LogP contribution < -0.4 is 0 Å². The van der Waals surface area contributed by atoms with E-state index in [1.165, 1.54) is 22.9 Å². The summed E-state index contributed by atoms with van der Waals surface area (Å²) in [6, 6.07) is 5.88. The average molecular weight is 267 g/mol. The smallest absolute Gasteiger partial charge is 0.185 e. The first-order valence-electron chi connectivity index (χ1n) is 5.45. The Bertz CT molecular complexity index is 607. The van der Waals surface area contributed by atoms with Crippen LogP contribution in [0, 0.1) is 12.7 Å². The van der Waals surface area contributed by atoms with Gasteiger partial charge in [0.25, 0.3) is 0 Å². The molecule has 0 bridgehead atoms. The molecule has 1 aromatic carbocycles. The van der Waals surface area contributed by atoms with Crippen molar-refractivity contribution in [1.29, 1.82) is 0 Å². The minimum Gasteiger partial charge on any atom is -0.292 e. The zero-order valence-electron chi connectivity index (χ0n) is 10.1. The molecule has 2 rings (SSSR count). The highest BCUT2D eigenvalue weighted by atomic mass is 35.5. The molecule has 0 saturated heterocycles. The lowest BCUT2D eigenvalue weighted by Crippen LogP contribution is -2.10. The second-order valence-corrected chi connectivity index (χ2v) is 4.57. The molecule has 18 heavy (non-hydrogen) atoms. The van der Waals surface area contributed by atoms with E-state index in [4.69, 9.17) is 11.6 Å². The second-order valence-electron chi connectivity index (χ2n) is 4.13. The van der Waals surface area contributed by atoms with E-state index >= 15 is 0 Å². The van der Waals surface area contributed by atoms with Crippen LogP contribution in [0.1, 0.15) is 21.7 Å². The largest absolute Gasteiger partial charge is 0.292 e. The molecule has 0 aliphatic carbocycles. The average Bonchev–Trinajstić information content (AvgIpc) is 2.63. The summed E-state index contributed by atoms with van der Waals surface area (Å²) in [7, 11) is 1.69. The number of ketones is 1. The van der Waals surface area contributed by atoms with Gasteiger partial charge in [-0.3, -0.25) is 9.48 Å². The van der Waals surface area contributed by atoms with Gasteiger partial charge in [0.15, 0.2) is 5.78 Å². The van der Waals surface area contributed by atoms with Crippen molar-refractivity contribution >= 4 is 17.4 Å². The molecule has 0 aliphatic rings. The van der Waals surface area contributed by atoms with E-state index in [1.54, 1.807) is 20.0 Å². The van der Waals surface area contributed by atoms with Gasteiger partial charge in [-0.2, -0.15) is 5.10 Å². The Morgan fingerprint density at radius 3 is 2.78 bits per heavy atom. The first kappa shape index (κ1) is 12.8. The number of hydrogen-bond acceptors (Lipinski definition) is 2. The second kappa shape index (κ2) is 4.90. The number of aryl methyl sites for hydroxylation is 2.